The van der Waals surface area contributed by atoms with Gasteiger partial charge in [0.2, 0.25) is 0 Å². The van der Waals surface area contributed by atoms with E-state index in [1.165, 1.54) is 32.1 Å². The molecule has 44 heavy (non-hydrogen) atoms. The number of hydrogen-bond acceptors (Lipinski definition) is 4. The highest BCUT2D eigenvalue weighted by Gasteiger charge is 2.41. The molecule has 1 aromatic carbocycles. The van der Waals surface area contributed by atoms with E-state index >= 15 is 0 Å². The number of carboxylic acids is 1. The van der Waals surface area contributed by atoms with Gasteiger partial charge in [0.25, 0.3) is 0 Å². The summed E-state index contributed by atoms with van der Waals surface area (Å²) in [5.74, 6) is -0.739. The van der Waals surface area contributed by atoms with Crippen molar-refractivity contribution >= 4 is 22.6 Å². The summed E-state index contributed by atoms with van der Waals surface area (Å²) >= 11 is 0. The lowest BCUT2D eigenvalue weighted by Gasteiger charge is -2.41. The molecule has 0 heterocycles. The third kappa shape index (κ3) is 15.8. The third-order valence-corrected chi connectivity index (χ3v) is 18.7. The Morgan fingerprint density at radius 3 is 1.89 bits per heavy atom. The molecule has 3 atom stereocenters. The zero-order chi connectivity index (χ0) is 33.4. The van der Waals surface area contributed by atoms with E-state index in [9.17, 15) is 9.90 Å². The molecular weight excluding hydrogens is 581 g/mol. The summed E-state index contributed by atoms with van der Waals surface area (Å²) in [6.07, 6.45) is 15.0. The van der Waals surface area contributed by atoms with Gasteiger partial charge in [0.15, 0.2) is 16.6 Å². The number of aliphatic carboxylic acids is 1. The van der Waals surface area contributed by atoms with Crippen LogP contribution in [-0.2, 0) is 25.0 Å². The molecule has 254 valence electrons. The van der Waals surface area contributed by atoms with E-state index in [2.05, 4.69) is 111 Å². The summed E-state index contributed by atoms with van der Waals surface area (Å²) in [6, 6.07) is 10.4. The summed E-state index contributed by atoms with van der Waals surface area (Å²) < 4.78 is 20.8. The molecule has 1 rings (SSSR count). The van der Waals surface area contributed by atoms with Gasteiger partial charge in [-0.25, -0.2) is 0 Å². The number of benzene rings is 1. The van der Waals surface area contributed by atoms with Crippen LogP contribution in [0.3, 0.4) is 0 Å². The highest BCUT2D eigenvalue weighted by atomic mass is 28.4. The first-order valence-corrected chi connectivity index (χ1v) is 23.1. The first-order chi connectivity index (χ1) is 20.4. The Hall–Kier alpha value is -1.26. The number of carboxylic acid groups (broad SMARTS) is 1. The fourth-order valence-electron chi connectivity index (χ4n) is 4.63. The SMILES string of the molecule is CCCCCCCC[C@H](O[Si](C)(C)C(C)(C)C)[C@@H](/C=C/[C@@H](CCCCC(=O)O)O[Si](C)(C)C(C)(C)C)OCc1ccccc1. The van der Waals surface area contributed by atoms with Crippen LogP contribution in [0.1, 0.15) is 125 Å². The Morgan fingerprint density at radius 2 is 1.32 bits per heavy atom. The summed E-state index contributed by atoms with van der Waals surface area (Å²) in [6.45, 7) is 25.7. The van der Waals surface area contributed by atoms with Gasteiger partial charge in [0.1, 0.15) is 6.10 Å². The van der Waals surface area contributed by atoms with Crippen molar-refractivity contribution in [2.75, 3.05) is 0 Å². The maximum atomic E-state index is 11.2. The average Bonchev–Trinajstić information content (AvgIpc) is 2.91. The van der Waals surface area contributed by atoms with E-state index in [4.69, 9.17) is 13.6 Å². The Kier molecular flexibility index (Phi) is 18.0. The van der Waals surface area contributed by atoms with Crippen molar-refractivity contribution in [2.45, 2.75) is 180 Å². The lowest BCUT2D eigenvalue weighted by molar-refractivity contribution is -0.137. The zero-order valence-electron chi connectivity index (χ0n) is 30.3. The second-order valence-corrected chi connectivity index (χ2v) is 25.2. The summed E-state index contributed by atoms with van der Waals surface area (Å²) in [7, 11) is -4.12. The average molecular weight is 649 g/mol. The molecular formula is C37H68O5Si2. The van der Waals surface area contributed by atoms with Crippen LogP contribution < -0.4 is 0 Å². The molecule has 0 aromatic heterocycles. The summed E-state index contributed by atoms with van der Waals surface area (Å²) in [5, 5.41) is 9.35. The monoisotopic (exact) mass is 648 g/mol. The number of hydrogen-bond donors (Lipinski definition) is 1. The van der Waals surface area contributed by atoms with Gasteiger partial charge in [0, 0.05) is 6.42 Å². The molecule has 0 amide bonds. The zero-order valence-corrected chi connectivity index (χ0v) is 32.3. The van der Waals surface area contributed by atoms with Crippen molar-refractivity contribution < 1.29 is 23.5 Å². The van der Waals surface area contributed by atoms with Crippen LogP contribution in [0.2, 0.25) is 36.3 Å². The largest absolute Gasteiger partial charge is 0.481 e. The summed E-state index contributed by atoms with van der Waals surface area (Å²) in [4.78, 5) is 11.2. The maximum Gasteiger partial charge on any atom is 0.303 e. The van der Waals surface area contributed by atoms with Crippen molar-refractivity contribution in [3.05, 3.63) is 48.0 Å². The molecule has 0 unspecified atom stereocenters. The smallest absolute Gasteiger partial charge is 0.303 e. The number of unbranched alkanes of at least 4 members (excludes halogenated alkanes) is 6. The van der Waals surface area contributed by atoms with Crippen molar-refractivity contribution in [1.29, 1.82) is 0 Å². The van der Waals surface area contributed by atoms with Crippen LogP contribution in [0.4, 0.5) is 0 Å². The highest BCUT2D eigenvalue weighted by molar-refractivity contribution is 6.74. The van der Waals surface area contributed by atoms with Gasteiger partial charge in [-0.2, -0.15) is 0 Å². The molecule has 0 bridgehead atoms. The van der Waals surface area contributed by atoms with Crippen molar-refractivity contribution in [3.8, 4) is 0 Å². The Labute approximate surface area is 273 Å². The van der Waals surface area contributed by atoms with Crippen LogP contribution in [0.25, 0.3) is 0 Å². The van der Waals surface area contributed by atoms with Crippen LogP contribution >= 0.6 is 0 Å². The Morgan fingerprint density at radius 1 is 0.773 bits per heavy atom. The maximum absolute atomic E-state index is 11.2. The Balaban J connectivity index is 3.37. The van der Waals surface area contributed by atoms with E-state index < -0.39 is 22.6 Å². The molecule has 0 radical (unpaired) electrons. The normalized spacial score (nSPS) is 15.4. The van der Waals surface area contributed by atoms with Crippen molar-refractivity contribution in [1.82, 2.24) is 0 Å². The van der Waals surface area contributed by atoms with Gasteiger partial charge in [-0.1, -0.05) is 136 Å². The fourth-order valence-corrected chi connectivity index (χ4v) is 7.30. The predicted molar refractivity (Wildman–Crippen MR) is 192 cm³/mol. The quantitative estimate of drug-likeness (QED) is 0.0770. The van der Waals surface area contributed by atoms with Crippen LogP contribution in [-0.4, -0.2) is 46.0 Å². The standard InChI is InChI=1S/C37H68O5Si2/c1-12-13-14-15-16-20-26-34(42-44(10,11)37(5,6)7)33(40-30-31-23-18-17-19-24-31)29-28-32(25-21-22-27-35(38)39)41-43(8,9)36(2,3)4/h17-19,23-24,28-29,32-34H,12-16,20-22,25-27,30H2,1-11H3,(H,38,39)/b29-28+/t32-,33-,34+/m1/s1. The minimum Gasteiger partial charge on any atom is -0.481 e. The first-order valence-electron chi connectivity index (χ1n) is 17.3. The fraction of sp³-hybridized carbons (Fsp3) is 0.757. The molecule has 0 fully saturated rings. The van der Waals surface area contributed by atoms with Gasteiger partial charge in [-0.15, -0.1) is 0 Å². The number of rotatable bonds is 22. The van der Waals surface area contributed by atoms with Crippen LogP contribution in [0.15, 0.2) is 42.5 Å². The van der Waals surface area contributed by atoms with Crippen molar-refractivity contribution in [3.63, 3.8) is 0 Å². The third-order valence-electron chi connectivity index (χ3n) is 9.64. The summed E-state index contributed by atoms with van der Waals surface area (Å²) in [5.41, 5.74) is 1.15. The second kappa shape index (κ2) is 19.4. The molecule has 0 saturated carbocycles. The number of ether oxygens (including phenoxy) is 1. The van der Waals surface area contributed by atoms with E-state index in [1.807, 2.05) is 6.07 Å². The topological polar surface area (TPSA) is 65.0 Å². The lowest BCUT2D eigenvalue weighted by Crippen LogP contribution is -2.47. The second-order valence-electron chi connectivity index (χ2n) is 15.7. The first kappa shape index (κ1) is 40.8. The molecule has 0 aliphatic heterocycles. The van der Waals surface area contributed by atoms with Gasteiger partial charge in [0.05, 0.1) is 18.8 Å². The molecule has 5 nitrogen and oxygen atoms in total. The van der Waals surface area contributed by atoms with Gasteiger partial charge in [-0.3, -0.25) is 4.79 Å². The Bertz CT molecular complexity index is 947. The van der Waals surface area contributed by atoms with E-state index in [0.29, 0.717) is 13.0 Å². The predicted octanol–water partition coefficient (Wildman–Crippen LogP) is 11.3. The van der Waals surface area contributed by atoms with Crippen molar-refractivity contribution in [2.24, 2.45) is 0 Å². The molecule has 7 heteroatoms. The minimum absolute atomic E-state index is 0.0393. The molecule has 0 saturated heterocycles. The van der Waals surface area contributed by atoms with Crippen LogP contribution in [0.5, 0.6) is 0 Å². The van der Waals surface area contributed by atoms with E-state index in [0.717, 1.165) is 31.2 Å². The van der Waals surface area contributed by atoms with Gasteiger partial charge >= 0.3 is 5.97 Å². The molecule has 1 N–H and O–H groups in total. The van der Waals surface area contributed by atoms with Gasteiger partial charge in [-0.05, 0) is 61.1 Å². The van der Waals surface area contributed by atoms with E-state index in [1.54, 1.807) is 0 Å². The van der Waals surface area contributed by atoms with E-state index in [-0.39, 0.29) is 34.8 Å². The molecule has 0 aliphatic carbocycles. The molecule has 0 aliphatic rings. The van der Waals surface area contributed by atoms with Crippen LogP contribution in [0, 0.1) is 0 Å². The highest BCUT2D eigenvalue weighted by Crippen LogP contribution is 2.40. The lowest BCUT2D eigenvalue weighted by atomic mass is 10.0. The van der Waals surface area contributed by atoms with Gasteiger partial charge < -0.3 is 18.7 Å². The number of carbonyl (C=O) groups is 1. The minimum atomic E-state index is -2.07. The molecule has 1 aromatic rings. The molecule has 0 spiro atoms.